The maximum Gasteiger partial charge on any atom is 0.343 e. The van der Waals surface area contributed by atoms with Gasteiger partial charge in [0.2, 0.25) is 5.91 Å². The summed E-state index contributed by atoms with van der Waals surface area (Å²) in [7, 11) is 0. The Labute approximate surface area is 168 Å². The molecule has 1 saturated carbocycles. The number of nitrogens with one attached hydrogen (secondary N) is 2. The van der Waals surface area contributed by atoms with Crippen LogP contribution in [0.15, 0.2) is 9.95 Å². The minimum atomic E-state index is -0.283. The van der Waals surface area contributed by atoms with Crippen molar-refractivity contribution in [3.8, 4) is 6.07 Å². The molecule has 2 N–H and O–H groups in total. The van der Waals surface area contributed by atoms with Crippen LogP contribution in [0.25, 0.3) is 0 Å². The van der Waals surface area contributed by atoms with Crippen LogP contribution in [0.1, 0.15) is 61.9 Å². The number of hydrogen-bond acceptors (Lipinski definition) is 5. The second-order valence-electron chi connectivity index (χ2n) is 7.10. The Kier molecular flexibility index (Phi) is 6.29. The maximum absolute atomic E-state index is 12.6. The van der Waals surface area contributed by atoms with Gasteiger partial charge in [-0.3, -0.25) is 9.36 Å². The van der Waals surface area contributed by atoms with E-state index in [1.54, 1.807) is 0 Å². The normalized spacial score (nSPS) is 14.8. The first-order valence-corrected chi connectivity index (χ1v) is 10.7. The molecule has 2 aromatic rings. The van der Waals surface area contributed by atoms with Crippen molar-refractivity contribution in [3.63, 3.8) is 0 Å². The van der Waals surface area contributed by atoms with Crippen LogP contribution in [0.4, 0.5) is 5.82 Å². The van der Waals surface area contributed by atoms with Crippen molar-refractivity contribution in [2.24, 2.45) is 0 Å². The molecule has 0 bridgehead atoms. The lowest BCUT2D eigenvalue weighted by Gasteiger charge is -2.27. The predicted octanol–water partition coefficient (Wildman–Crippen LogP) is 3.12. The van der Waals surface area contributed by atoms with Gasteiger partial charge < -0.3 is 9.88 Å². The van der Waals surface area contributed by atoms with E-state index >= 15 is 0 Å². The highest BCUT2D eigenvalue weighted by Crippen LogP contribution is 2.36. The van der Waals surface area contributed by atoms with Gasteiger partial charge in [-0.15, -0.1) is 5.10 Å². The number of carbonyl (C=O) groups excluding carboxylic acids is 1. The van der Waals surface area contributed by atoms with E-state index in [4.69, 9.17) is 0 Å². The zero-order valence-electron chi connectivity index (χ0n) is 16.5. The monoisotopic (exact) mass is 402 g/mol. The van der Waals surface area contributed by atoms with Crippen LogP contribution in [0.2, 0.25) is 0 Å². The third kappa shape index (κ3) is 3.87. The molecule has 0 radical (unpaired) electrons. The molecule has 1 fully saturated rings. The quantitative estimate of drug-likeness (QED) is 0.722. The first-order valence-electron chi connectivity index (χ1n) is 9.67. The molecule has 0 aliphatic heterocycles. The fraction of sp³-hybridized carbons (Fsp3) is 0.579. The van der Waals surface area contributed by atoms with E-state index in [-0.39, 0.29) is 17.3 Å². The van der Waals surface area contributed by atoms with Crippen molar-refractivity contribution in [2.45, 2.75) is 70.6 Å². The number of rotatable bonds is 6. The molecule has 0 spiro atoms. The molecular formula is C19H26N6O2S. The Morgan fingerprint density at radius 1 is 1.36 bits per heavy atom. The summed E-state index contributed by atoms with van der Waals surface area (Å²) in [6, 6.07) is 2.57. The average molecular weight is 403 g/mol. The summed E-state index contributed by atoms with van der Waals surface area (Å²) in [6.07, 6.45) is 5.70. The number of thioether (sulfide) groups is 1. The van der Waals surface area contributed by atoms with Crippen LogP contribution in [0.3, 0.4) is 0 Å². The van der Waals surface area contributed by atoms with Gasteiger partial charge in [-0.2, -0.15) is 5.26 Å². The number of nitrogens with zero attached hydrogens (tertiary/aromatic N) is 4. The summed E-state index contributed by atoms with van der Waals surface area (Å²) in [5.41, 5.74) is 2.21. The summed E-state index contributed by atoms with van der Waals surface area (Å²) in [5.74, 6) is 0.502. The van der Waals surface area contributed by atoms with E-state index < -0.39 is 0 Å². The van der Waals surface area contributed by atoms with Crippen LogP contribution >= 0.6 is 11.8 Å². The zero-order valence-corrected chi connectivity index (χ0v) is 17.4. The average Bonchev–Trinajstić information content (AvgIpc) is 3.17. The van der Waals surface area contributed by atoms with Crippen molar-refractivity contribution in [3.05, 3.63) is 27.3 Å². The van der Waals surface area contributed by atoms with Crippen LogP contribution in [0, 0.1) is 25.2 Å². The summed E-state index contributed by atoms with van der Waals surface area (Å²) < 4.78 is 3.63. The van der Waals surface area contributed by atoms with E-state index in [2.05, 4.69) is 26.2 Å². The van der Waals surface area contributed by atoms with E-state index in [0.717, 1.165) is 24.1 Å². The summed E-state index contributed by atoms with van der Waals surface area (Å²) in [5, 5.41) is 19.5. The van der Waals surface area contributed by atoms with Crippen molar-refractivity contribution < 1.29 is 4.79 Å². The molecule has 1 amide bonds. The first kappa shape index (κ1) is 20.3. The lowest BCUT2D eigenvalue weighted by Crippen LogP contribution is -2.22. The molecule has 0 unspecified atom stereocenters. The van der Waals surface area contributed by atoms with Crippen LogP contribution in [-0.4, -0.2) is 31.0 Å². The summed E-state index contributed by atoms with van der Waals surface area (Å²) in [4.78, 5) is 24.3. The lowest BCUT2D eigenvalue weighted by atomic mass is 9.95. The van der Waals surface area contributed by atoms with Gasteiger partial charge in [-0.05, 0) is 39.2 Å². The fourth-order valence-electron chi connectivity index (χ4n) is 3.87. The number of amides is 1. The van der Waals surface area contributed by atoms with Gasteiger partial charge in [-0.1, -0.05) is 31.0 Å². The molecule has 2 heterocycles. The number of nitriles is 1. The first-order chi connectivity index (χ1) is 13.5. The van der Waals surface area contributed by atoms with E-state index in [0.29, 0.717) is 29.1 Å². The van der Waals surface area contributed by atoms with Gasteiger partial charge in [0.1, 0.15) is 11.9 Å². The van der Waals surface area contributed by atoms with Crippen molar-refractivity contribution in [2.75, 3.05) is 11.1 Å². The lowest BCUT2D eigenvalue weighted by molar-refractivity contribution is -0.113. The number of carbonyl (C=O) groups is 1. The largest absolute Gasteiger partial charge is 0.343 e. The molecule has 8 nitrogen and oxygen atoms in total. The van der Waals surface area contributed by atoms with Crippen molar-refractivity contribution in [1.82, 2.24) is 19.3 Å². The van der Waals surface area contributed by atoms with Gasteiger partial charge in [0.25, 0.3) is 0 Å². The second kappa shape index (κ2) is 8.69. The number of H-pyrrole nitrogens is 1. The molecule has 1 aliphatic carbocycles. The molecule has 2 aromatic heterocycles. The van der Waals surface area contributed by atoms with Gasteiger partial charge >= 0.3 is 5.69 Å². The zero-order chi connectivity index (χ0) is 20.3. The number of anilines is 1. The Morgan fingerprint density at radius 2 is 2.07 bits per heavy atom. The Bertz CT molecular complexity index is 958. The Morgan fingerprint density at radius 3 is 2.71 bits per heavy atom. The molecule has 150 valence electrons. The number of aromatic amines is 1. The Hall–Kier alpha value is -2.47. The third-order valence-corrected chi connectivity index (χ3v) is 6.41. The fourth-order valence-corrected chi connectivity index (χ4v) is 4.68. The van der Waals surface area contributed by atoms with Gasteiger partial charge in [0.05, 0.1) is 11.3 Å². The minimum absolute atomic E-state index is 0.114. The maximum atomic E-state index is 12.6. The molecule has 3 rings (SSSR count). The highest BCUT2D eigenvalue weighted by atomic mass is 32.2. The molecule has 0 aromatic carbocycles. The SMILES string of the molecule is CCn1c(SCC(=O)Nc2c(C#N)c(C)c(C)n2C2CCCCC2)n[nH]c1=O. The van der Waals surface area contributed by atoms with E-state index in [9.17, 15) is 14.9 Å². The van der Waals surface area contributed by atoms with Gasteiger partial charge in [0, 0.05) is 18.3 Å². The predicted molar refractivity (Wildman–Crippen MR) is 109 cm³/mol. The highest BCUT2D eigenvalue weighted by molar-refractivity contribution is 7.99. The van der Waals surface area contributed by atoms with Crippen molar-refractivity contribution >= 4 is 23.5 Å². The van der Waals surface area contributed by atoms with Crippen LogP contribution < -0.4 is 11.0 Å². The molecule has 0 atom stereocenters. The van der Waals surface area contributed by atoms with Crippen molar-refractivity contribution in [1.29, 1.82) is 5.26 Å². The van der Waals surface area contributed by atoms with Gasteiger partial charge in [0.15, 0.2) is 5.16 Å². The Balaban J connectivity index is 1.80. The molecule has 28 heavy (non-hydrogen) atoms. The number of hydrogen-bond donors (Lipinski definition) is 2. The highest BCUT2D eigenvalue weighted by Gasteiger charge is 2.26. The van der Waals surface area contributed by atoms with Crippen LogP contribution in [0.5, 0.6) is 0 Å². The number of aromatic nitrogens is 4. The topological polar surface area (TPSA) is 108 Å². The van der Waals surface area contributed by atoms with E-state index in [1.807, 2.05) is 20.8 Å². The molecule has 0 saturated heterocycles. The minimum Gasteiger partial charge on any atom is -0.327 e. The molecular weight excluding hydrogens is 376 g/mol. The summed E-state index contributed by atoms with van der Waals surface area (Å²) in [6.45, 7) is 6.28. The van der Waals surface area contributed by atoms with Crippen LogP contribution in [-0.2, 0) is 11.3 Å². The molecule has 9 heteroatoms. The smallest absolute Gasteiger partial charge is 0.327 e. The molecule has 1 aliphatic rings. The summed E-state index contributed by atoms with van der Waals surface area (Å²) >= 11 is 1.20. The standard InChI is InChI=1S/C19H26N6O2S/c1-4-24-18(27)22-23-19(24)28-11-16(26)21-17-15(10-20)12(2)13(3)25(17)14-8-6-5-7-9-14/h14H,4-9,11H2,1-3H3,(H,21,26)(H,22,27). The van der Waals surface area contributed by atoms with Gasteiger partial charge in [-0.25, -0.2) is 9.89 Å². The van der Waals surface area contributed by atoms with E-state index in [1.165, 1.54) is 35.6 Å². The third-order valence-electron chi connectivity index (χ3n) is 5.44. The second-order valence-corrected chi connectivity index (χ2v) is 8.04.